The van der Waals surface area contributed by atoms with Crippen LogP contribution in [0.15, 0.2) is 48.5 Å². The van der Waals surface area contributed by atoms with E-state index in [0.29, 0.717) is 11.6 Å². The van der Waals surface area contributed by atoms with Crippen LogP contribution < -0.4 is 4.74 Å². The van der Waals surface area contributed by atoms with Crippen LogP contribution in [-0.2, 0) is 12.8 Å². The highest BCUT2D eigenvalue weighted by molar-refractivity contribution is 5.98. The summed E-state index contributed by atoms with van der Waals surface area (Å²) in [7, 11) is 0. The molecule has 5 nitrogen and oxygen atoms in total. The Morgan fingerprint density at radius 1 is 1.22 bits per heavy atom. The Morgan fingerprint density at radius 3 is 3.00 bits per heavy atom. The molecule has 0 bridgehead atoms. The van der Waals surface area contributed by atoms with Gasteiger partial charge in [-0.25, -0.2) is 0 Å². The Labute approximate surface area is 190 Å². The zero-order valence-corrected chi connectivity index (χ0v) is 19.0. The van der Waals surface area contributed by atoms with E-state index >= 15 is 0 Å². The highest BCUT2D eigenvalue weighted by Gasteiger charge is 2.25. The van der Waals surface area contributed by atoms with Crippen molar-refractivity contribution < 1.29 is 9.53 Å². The summed E-state index contributed by atoms with van der Waals surface area (Å²) in [5.41, 5.74) is 4.41. The number of hydrogen-bond donors (Lipinski definition) is 1. The van der Waals surface area contributed by atoms with Gasteiger partial charge in [0.2, 0.25) is 0 Å². The number of ether oxygens (including phenoxy) is 1. The molecule has 0 radical (unpaired) electrons. The first-order chi connectivity index (χ1) is 15.7. The van der Waals surface area contributed by atoms with E-state index in [0.717, 1.165) is 68.8 Å². The lowest BCUT2D eigenvalue weighted by molar-refractivity contribution is 0.0686. The van der Waals surface area contributed by atoms with Crippen molar-refractivity contribution in [3.8, 4) is 5.75 Å². The topological polar surface area (TPSA) is 48.6 Å². The maximum atomic E-state index is 13.2. The quantitative estimate of drug-likeness (QED) is 0.598. The molecule has 0 aliphatic carbocycles. The molecule has 3 heterocycles. The third-order valence-corrected chi connectivity index (χ3v) is 6.99. The van der Waals surface area contributed by atoms with E-state index in [9.17, 15) is 4.79 Å². The van der Waals surface area contributed by atoms with E-state index in [1.165, 1.54) is 24.0 Å². The summed E-state index contributed by atoms with van der Waals surface area (Å²) in [6.07, 6.45) is 4.49. The Kier molecular flexibility index (Phi) is 6.17. The Hall–Kier alpha value is -2.79. The molecule has 1 atom stereocenters. The van der Waals surface area contributed by atoms with Gasteiger partial charge in [0.15, 0.2) is 0 Å². The molecule has 5 heteroatoms. The van der Waals surface area contributed by atoms with Crippen molar-refractivity contribution in [3.63, 3.8) is 0 Å². The Balaban J connectivity index is 1.17. The summed E-state index contributed by atoms with van der Waals surface area (Å²) < 4.78 is 5.73. The molecule has 5 rings (SSSR count). The lowest BCUT2D eigenvalue weighted by Crippen LogP contribution is -2.43. The molecule has 1 saturated heterocycles. The van der Waals surface area contributed by atoms with Crippen LogP contribution in [0, 0.1) is 5.92 Å². The highest BCUT2D eigenvalue weighted by Crippen LogP contribution is 2.27. The van der Waals surface area contributed by atoms with E-state index in [4.69, 9.17) is 4.74 Å². The number of aromatic amines is 1. The van der Waals surface area contributed by atoms with Crippen molar-refractivity contribution in [2.75, 3.05) is 39.3 Å². The van der Waals surface area contributed by atoms with E-state index < -0.39 is 0 Å². The summed E-state index contributed by atoms with van der Waals surface area (Å²) in [5.74, 6) is 1.72. The lowest BCUT2D eigenvalue weighted by Gasteiger charge is -2.35. The number of fused-ring (bicyclic) bond motifs is 2. The van der Waals surface area contributed by atoms with Crippen molar-refractivity contribution in [3.05, 3.63) is 65.4 Å². The summed E-state index contributed by atoms with van der Waals surface area (Å²) in [6.45, 7) is 7.75. The van der Waals surface area contributed by atoms with Gasteiger partial charge in [0.1, 0.15) is 11.4 Å². The van der Waals surface area contributed by atoms with Gasteiger partial charge in [0.05, 0.1) is 6.61 Å². The first-order valence-electron chi connectivity index (χ1n) is 12.0. The molecular weight excluding hydrogens is 398 g/mol. The van der Waals surface area contributed by atoms with Crippen LogP contribution in [0.25, 0.3) is 10.9 Å². The van der Waals surface area contributed by atoms with Gasteiger partial charge in [-0.1, -0.05) is 30.3 Å². The largest absolute Gasteiger partial charge is 0.493 e. The maximum Gasteiger partial charge on any atom is 0.270 e. The second kappa shape index (κ2) is 9.37. The number of benzene rings is 2. The Morgan fingerprint density at radius 2 is 2.12 bits per heavy atom. The van der Waals surface area contributed by atoms with Gasteiger partial charge in [-0.3, -0.25) is 4.79 Å². The number of hydrogen-bond acceptors (Lipinski definition) is 3. The van der Waals surface area contributed by atoms with Gasteiger partial charge in [-0.2, -0.15) is 0 Å². The highest BCUT2D eigenvalue weighted by atomic mass is 16.5. The van der Waals surface area contributed by atoms with Crippen molar-refractivity contribution in [1.29, 1.82) is 0 Å². The fourth-order valence-corrected chi connectivity index (χ4v) is 5.18. The maximum absolute atomic E-state index is 13.2. The fourth-order valence-electron chi connectivity index (χ4n) is 5.18. The molecule has 1 N–H and O–H groups in total. The molecular formula is C27H33N3O2. The number of para-hydroxylation sites is 1. The summed E-state index contributed by atoms with van der Waals surface area (Å²) in [4.78, 5) is 21.1. The first-order valence-corrected chi connectivity index (χ1v) is 12.0. The van der Waals surface area contributed by atoms with Gasteiger partial charge >= 0.3 is 0 Å². The summed E-state index contributed by atoms with van der Waals surface area (Å²) in [5, 5.41) is 1.09. The first kappa shape index (κ1) is 21.1. The molecule has 2 aliphatic rings. The van der Waals surface area contributed by atoms with Crippen molar-refractivity contribution in [2.45, 2.75) is 32.6 Å². The number of H-pyrrole nitrogens is 1. The molecule has 1 fully saturated rings. The number of rotatable bonds is 7. The number of amides is 1. The lowest BCUT2D eigenvalue weighted by atomic mass is 9.96. The molecule has 1 aromatic heterocycles. The van der Waals surface area contributed by atoms with Crippen LogP contribution in [0.5, 0.6) is 5.75 Å². The van der Waals surface area contributed by atoms with Gasteiger partial charge in [-0.15, -0.1) is 0 Å². The third kappa shape index (κ3) is 4.53. The number of nitrogens with zero attached hydrogens (tertiary/aromatic N) is 2. The summed E-state index contributed by atoms with van der Waals surface area (Å²) >= 11 is 0. The predicted octanol–water partition coefficient (Wildman–Crippen LogP) is 4.52. The minimum atomic E-state index is 0.110. The monoisotopic (exact) mass is 431 g/mol. The van der Waals surface area contributed by atoms with Crippen molar-refractivity contribution in [2.24, 2.45) is 5.92 Å². The SMILES string of the molecule is CCN(CC1CCCN(CCc2ccc3c(c2)OCC3)C1)C(=O)c1cc2ccccc2[nH]1. The minimum absolute atomic E-state index is 0.110. The molecule has 168 valence electrons. The third-order valence-electron chi connectivity index (χ3n) is 6.99. The molecule has 1 unspecified atom stereocenters. The van der Waals surface area contributed by atoms with Crippen molar-refractivity contribution >= 4 is 16.8 Å². The smallest absolute Gasteiger partial charge is 0.270 e. The molecule has 2 aromatic carbocycles. The number of nitrogens with one attached hydrogen (secondary N) is 1. The van der Waals surface area contributed by atoms with Gasteiger partial charge in [0.25, 0.3) is 5.91 Å². The number of carbonyl (C=O) groups excluding carboxylic acids is 1. The predicted molar refractivity (Wildman–Crippen MR) is 128 cm³/mol. The zero-order chi connectivity index (χ0) is 21.9. The van der Waals surface area contributed by atoms with Crippen LogP contribution in [0.1, 0.15) is 41.4 Å². The fraction of sp³-hybridized carbons (Fsp3) is 0.444. The molecule has 1 amide bonds. The average molecular weight is 432 g/mol. The zero-order valence-electron chi connectivity index (χ0n) is 19.0. The number of likely N-dealkylation sites (tertiary alicyclic amines) is 1. The van der Waals surface area contributed by atoms with E-state index in [2.05, 4.69) is 35.0 Å². The molecule has 2 aliphatic heterocycles. The van der Waals surface area contributed by atoms with Crippen LogP contribution in [-0.4, -0.2) is 60.0 Å². The standard InChI is InChI=1S/C27H33N3O2/c1-2-30(27(31)25-17-23-7-3-4-8-24(23)28-25)19-21-6-5-13-29(18-21)14-11-20-9-10-22-12-15-32-26(22)16-20/h3-4,7-10,16-17,21,28H,2,5-6,11-15,18-19H2,1H3. The number of aromatic nitrogens is 1. The van der Waals surface area contributed by atoms with Gasteiger partial charge < -0.3 is 19.5 Å². The van der Waals surface area contributed by atoms with E-state index in [1.54, 1.807) is 0 Å². The van der Waals surface area contributed by atoms with Gasteiger partial charge in [0, 0.05) is 43.5 Å². The molecule has 3 aromatic rings. The molecule has 0 spiro atoms. The Bertz CT molecular complexity index is 1060. The number of piperidine rings is 1. The second-order valence-corrected chi connectivity index (χ2v) is 9.21. The molecule has 32 heavy (non-hydrogen) atoms. The second-order valence-electron chi connectivity index (χ2n) is 9.21. The van der Waals surface area contributed by atoms with E-state index in [-0.39, 0.29) is 5.91 Å². The van der Waals surface area contributed by atoms with E-state index in [1.807, 2.05) is 35.2 Å². The minimum Gasteiger partial charge on any atom is -0.493 e. The van der Waals surface area contributed by atoms with Crippen molar-refractivity contribution in [1.82, 2.24) is 14.8 Å². The van der Waals surface area contributed by atoms with Crippen LogP contribution in [0.4, 0.5) is 0 Å². The number of carbonyl (C=O) groups is 1. The average Bonchev–Trinajstić information content (AvgIpc) is 3.47. The van der Waals surface area contributed by atoms with Crippen LogP contribution in [0.2, 0.25) is 0 Å². The van der Waals surface area contributed by atoms with Crippen LogP contribution >= 0.6 is 0 Å². The normalized spacial score (nSPS) is 18.5. The molecule has 0 saturated carbocycles. The summed E-state index contributed by atoms with van der Waals surface area (Å²) in [6, 6.07) is 16.8. The van der Waals surface area contributed by atoms with Crippen LogP contribution in [0.3, 0.4) is 0 Å². The van der Waals surface area contributed by atoms with Gasteiger partial charge in [-0.05, 0) is 68.0 Å².